The summed E-state index contributed by atoms with van der Waals surface area (Å²) >= 11 is -4.66. The van der Waals surface area contributed by atoms with Crippen LogP contribution in [0.15, 0.2) is 48.5 Å². The molecule has 1 N–H and O–H groups in total. The van der Waals surface area contributed by atoms with Crippen LogP contribution in [-0.2, 0) is 23.5 Å². The SMILES string of the molecule is Cl.Cl.[CH3][Zr](=[O])(=[SiH2])([O]CCO)[CH]1c2ccccc2-c2ccccc21. The number of rotatable bonds is 4. The number of aliphatic hydroxyl groups is 1. The molecule has 23 heavy (non-hydrogen) atoms. The second-order valence-corrected chi connectivity index (χ2v) is 27.3. The Kier molecular flexibility index (Phi) is 6.70. The molecule has 0 aliphatic heterocycles. The van der Waals surface area contributed by atoms with Crippen molar-refractivity contribution in [3.8, 4) is 11.1 Å². The molecule has 0 saturated heterocycles. The summed E-state index contributed by atoms with van der Waals surface area (Å²) in [5.74, 6) is 0. The van der Waals surface area contributed by atoms with Gasteiger partial charge in [0.2, 0.25) is 0 Å². The van der Waals surface area contributed by atoms with E-state index in [-0.39, 0.29) is 41.7 Å². The third-order valence-corrected chi connectivity index (χ3v) is 15.3. The van der Waals surface area contributed by atoms with Gasteiger partial charge in [-0.15, -0.1) is 24.8 Å². The zero-order chi connectivity index (χ0) is 15.1. The van der Waals surface area contributed by atoms with Gasteiger partial charge in [-0.1, -0.05) is 0 Å². The molecule has 3 rings (SSSR count). The molecule has 0 amide bonds. The van der Waals surface area contributed by atoms with Crippen molar-refractivity contribution in [2.75, 3.05) is 13.2 Å². The van der Waals surface area contributed by atoms with Gasteiger partial charge in [-0.05, 0) is 0 Å². The summed E-state index contributed by atoms with van der Waals surface area (Å²) in [5, 5.41) is 9.05. The number of halogens is 2. The number of hydrogen-bond acceptors (Lipinski definition) is 3. The topological polar surface area (TPSA) is 46.5 Å². The van der Waals surface area contributed by atoms with Crippen molar-refractivity contribution >= 4 is 31.7 Å². The Morgan fingerprint density at radius 1 is 1.04 bits per heavy atom. The molecule has 0 bridgehead atoms. The van der Waals surface area contributed by atoms with Gasteiger partial charge in [0.05, 0.1) is 0 Å². The first-order valence-electron chi connectivity index (χ1n) is 7.14. The molecule has 7 heteroatoms. The third-order valence-electron chi connectivity index (χ3n) is 4.14. The van der Waals surface area contributed by atoms with Crippen LogP contribution in [0.25, 0.3) is 11.1 Å². The molecule has 1 aliphatic carbocycles. The minimum absolute atomic E-state index is 0. The van der Waals surface area contributed by atoms with Crippen LogP contribution >= 0.6 is 24.8 Å². The van der Waals surface area contributed by atoms with E-state index in [1.807, 2.05) is 36.4 Å². The zero-order valence-corrected chi connectivity index (χ0v) is 18.4. The van der Waals surface area contributed by atoms with Gasteiger partial charge in [0.25, 0.3) is 0 Å². The first-order valence-corrected chi connectivity index (χ1v) is 18.9. The summed E-state index contributed by atoms with van der Waals surface area (Å²) in [5.41, 5.74) is 4.48. The Balaban J connectivity index is 0.00000132. The van der Waals surface area contributed by atoms with E-state index in [9.17, 15) is 2.81 Å². The molecule has 0 radical (unpaired) electrons. The molecule has 2 aromatic rings. The van der Waals surface area contributed by atoms with Crippen LogP contribution in [0.1, 0.15) is 14.8 Å². The van der Waals surface area contributed by atoms with Gasteiger partial charge in [0.15, 0.2) is 0 Å². The van der Waals surface area contributed by atoms with Gasteiger partial charge >= 0.3 is 128 Å². The normalized spacial score (nSPS) is 13.5. The molecule has 0 spiro atoms. The molecule has 0 saturated carbocycles. The standard InChI is InChI=1S/C13H9.C2H5O2.CH3.2ClH.O.H2Si.Zr/c1-3-7-12-10(5-1)9-11-6-2-4-8-13(11)12;3-1-2-4;;;;;;/h1-9H;3H,1-2H2;1H3;2*1H;;1H2;/q;-1;;;;;;+1. The van der Waals surface area contributed by atoms with E-state index in [0.717, 1.165) is 22.3 Å². The van der Waals surface area contributed by atoms with Crippen LogP contribution in [0.5, 0.6) is 0 Å². The first-order chi connectivity index (χ1) is 9.92. The molecule has 0 aromatic heterocycles. The fourth-order valence-electron chi connectivity index (χ4n) is 3.34. The number of aliphatic hydroxyl groups excluding tert-OH is 1. The summed E-state index contributed by atoms with van der Waals surface area (Å²) in [7, 11) is 0. The molecule has 125 valence electrons. The van der Waals surface area contributed by atoms with Crippen molar-refractivity contribution in [1.82, 2.24) is 0 Å². The first kappa shape index (κ1) is 20.9. The van der Waals surface area contributed by atoms with Gasteiger partial charge in [-0.25, -0.2) is 0 Å². The molecular weight excluding hydrogens is 430 g/mol. The fourth-order valence-corrected chi connectivity index (χ4v) is 13.9. The van der Waals surface area contributed by atoms with Gasteiger partial charge < -0.3 is 0 Å². The van der Waals surface area contributed by atoms with Crippen LogP contribution < -0.4 is 0 Å². The van der Waals surface area contributed by atoms with Crippen LogP contribution in [0, 0.1) is 0 Å². The van der Waals surface area contributed by atoms with Crippen LogP contribution in [0.3, 0.4) is 0 Å². The third kappa shape index (κ3) is 3.76. The molecule has 2 aromatic carbocycles. The average molecular weight is 452 g/mol. The Bertz CT molecular complexity index is 787. The molecular formula is C16H21Cl2O3SiZr. The van der Waals surface area contributed by atoms with Crippen molar-refractivity contribution in [2.45, 2.75) is 8.26 Å². The average Bonchev–Trinajstić information content (AvgIpc) is 2.80. The summed E-state index contributed by atoms with van der Waals surface area (Å²) < 4.78 is 21.0. The van der Waals surface area contributed by atoms with E-state index in [4.69, 9.17) is 7.92 Å². The Morgan fingerprint density at radius 2 is 1.48 bits per heavy atom. The van der Waals surface area contributed by atoms with Gasteiger partial charge in [0, 0.05) is 0 Å². The second kappa shape index (κ2) is 7.38. The van der Waals surface area contributed by atoms with E-state index >= 15 is 0 Å². The van der Waals surface area contributed by atoms with Crippen LogP contribution in [-0.4, -0.2) is 25.2 Å². The molecule has 0 heterocycles. The van der Waals surface area contributed by atoms with E-state index in [2.05, 4.69) is 12.1 Å². The maximum atomic E-state index is 13.7. The van der Waals surface area contributed by atoms with Crippen LogP contribution in [0.2, 0.25) is 4.63 Å². The van der Waals surface area contributed by atoms with E-state index < -0.39 is 17.8 Å². The Hall–Kier alpha value is -0.160. The molecule has 3 nitrogen and oxygen atoms in total. The maximum absolute atomic E-state index is 13.7. The monoisotopic (exact) mass is 449 g/mol. The quantitative estimate of drug-likeness (QED) is 0.727. The summed E-state index contributed by atoms with van der Waals surface area (Å²) in [6.07, 6.45) is 0. The van der Waals surface area contributed by atoms with Crippen molar-refractivity contribution < 1.29 is 28.6 Å². The summed E-state index contributed by atoms with van der Waals surface area (Å²) in [6.45, 7) is 1.56. The number of hydrogen-bond donors (Lipinski definition) is 1. The Morgan fingerprint density at radius 3 is 1.91 bits per heavy atom. The van der Waals surface area contributed by atoms with E-state index in [0.29, 0.717) is 0 Å². The predicted molar refractivity (Wildman–Crippen MR) is 96.3 cm³/mol. The van der Waals surface area contributed by atoms with Crippen molar-refractivity contribution in [1.29, 1.82) is 0 Å². The minimum atomic E-state index is -4.66. The van der Waals surface area contributed by atoms with Gasteiger partial charge in [-0.3, -0.25) is 0 Å². The molecule has 0 unspecified atom stereocenters. The number of benzene rings is 2. The zero-order valence-electron chi connectivity index (χ0n) is 12.9. The van der Waals surface area contributed by atoms with Crippen molar-refractivity contribution in [3.63, 3.8) is 0 Å². The summed E-state index contributed by atoms with van der Waals surface area (Å²) in [4.78, 5) is 0. The second-order valence-electron chi connectivity index (χ2n) is 6.04. The van der Waals surface area contributed by atoms with Gasteiger partial charge in [0.1, 0.15) is 0 Å². The van der Waals surface area contributed by atoms with Crippen LogP contribution in [0.4, 0.5) is 0 Å². The van der Waals surface area contributed by atoms with Crippen molar-refractivity contribution in [2.24, 2.45) is 0 Å². The van der Waals surface area contributed by atoms with Crippen molar-refractivity contribution in [3.05, 3.63) is 59.7 Å². The predicted octanol–water partition coefficient (Wildman–Crippen LogP) is 3.16. The van der Waals surface area contributed by atoms with Gasteiger partial charge in [-0.2, -0.15) is 0 Å². The fraction of sp³-hybridized carbons (Fsp3) is 0.250. The summed E-state index contributed by atoms with van der Waals surface area (Å²) in [6, 6.07) is 16.2. The Labute approximate surface area is 151 Å². The molecule has 0 atom stereocenters. The number of fused-ring (bicyclic) bond motifs is 3. The molecule has 0 fully saturated rings. The molecule has 1 aliphatic rings. The van der Waals surface area contributed by atoms with E-state index in [1.165, 1.54) is 6.88 Å². The van der Waals surface area contributed by atoms with E-state index in [1.54, 1.807) is 4.63 Å².